The molecule has 1 saturated heterocycles. The summed E-state index contributed by atoms with van der Waals surface area (Å²) in [6.45, 7) is 7.23. The van der Waals surface area contributed by atoms with Gasteiger partial charge in [0.2, 0.25) is 0 Å². The molecule has 1 aliphatic heterocycles. The molecule has 0 bridgehead atoms. The van der Waals surface area contributed by atoms with Crippen molar-refractivity contribution in [2.45, 2.75) is 45.2 Å². The Balaban J connectivity index is 2.48. The van der Waals surface area contributed by atoms with Gasteiger partial charge in [-0.05, 0) is 45.7 Å². The molecule has 2 N–H and O–H groups in total. The van der Waals surface area contributed by atoms with Crippen molar-refractivity contribution in [1.29, 1.82) is 0 Å². The molecule has 1 fully saturated rings. The molecule has 1 aromatic rings. The highest BCUT2D eigenvalue weighted by Gasteiger charge is 2.34. The summed E-state index contributed by atoms with van der Waals surface area (Å²) in [7, 11) is 0. The summed E-state index contributed by atoms with van der Waals surface area (Å²) in [6.07, 6.45) is 2.30. The second-order valence-electron chi connectivity index (χ2n) is 5.53. The molecule has 1 aromatic carbocycles. The van der Waals surface area contributed by atoms with Crippen LogP contribution in [0.15, 0.2) is 18.2 Å². The Morgan fingerprint density at radius 3 is 2.65 bits per heavy atom. The molecular weight excluding hydrogens is 215 g/mol. The molecule has 17 heavy (non-hydrogen) atoms. The number of rotatable bonds is 2. The Labute approximate surface area is 103 Å². The maximum absolute atomic E-state index is 13.9. The maximum atomic E-state index is 13.9. The second-order valence-corrected chi connectivity index (χ2v) is 5.53. The second kappa shape index (κ2) is 4.30. The third-order valence-electron chi connectivity index (χ3n) is 3.68. The molecule has 2 rings (SSSR count). The van der Waals surface area contributed by atoms with E-state index < -0.39 is 0 Å². The van der Waals surface area contributed by atoms with Crippen LogP contribution in [0, 0.1) is 5.82 Å². The van der Waals surface area contributed by atoms with Crippen molar-refractivity contribution < 1.29 is 4.39 Å². The first-order chi connectivity index (χ1) is 7.93. The fourth-order valence-corrected chi connectivity index (χ4v) is 2.77. The van der Waals surface area contributed by atoms with Crippen molar-refractivity contribution in [3.8, 4) is 0 Å². The number of nitrogens with zero attached hydrogens (tertiary/aromatic N) is 1. The lowest BCUT2D eigenvalue weighted by molar-refractivity contribution is 0.512. The van der Waals surface area contributed by atoms with Crippen molar-refractivity contribution >= 4 is 5.69 Å². The van der Waals surface area contributed by atoms with Gasteiger partial charge in [-0.2, -0.15) is 0 Å². The lowest BCUT2D eigenvalue weighted by Crippen LogP contribution is -2.39. The van der Waals surface area contributed by atoms with Crippen LogP contribution in [-0.4, -0.2) is 12.1 Å². The van der Waals surface area contributed by atoms with Gasteiger partial charge in [-0.3, -0.25) is 0 Å². The molecule has 0 unspecified atom stereocenters. The van der Waals surface area contributed by atoms with Crippen LogP contribution in [0.5, 0.6) is 0 Å². The number of benzene rings is 1. The van der Waals surface area contributed by atoms with Gasteiger partial charge in [0, 0.05) is 29.4 Å². The SMILES string of the molecule is C[C@@H](N)c1c(F)cccc1N1CCCC1(C)C. The van der Waals surface area contributed by atoms with E-state index >= 15 is 0 Å². The van der Waals surface area contributed by atoms with Crippen LogP contribution in [0.1, 0.15) is 45.2 Å². The standard InChI is InChI=1S/C14H21FN2/c1-10(16)13-11(15)6-4-7-12(13)17-9-5-8-14(17,2)3/h4,6-7,10H,5,8-9,16H2,1-3H3/t10-/m1/s1. The average Bonchev–Trinajstić information content (AvgIpc) is 2.57. The van der Waals surface area contributed by atoms with Crippen LogP contribution in [-0.2, 0) is 0 Å². The molecule has 0 amide bonds. The van der Waals surface area contributed by atoms with Gasteiger partial charge >= 0.3 is 0 Å². The molecule has 0 saturated carbocycles. The summed E-state index contributed by atoms with van der Waals surface area (Å²) in [5.41, 5.74) is 7.60. The van der Waals surface area contributed by atoms with Gasteiger partial charge in [-0.25, -0.2) is 4.39 Å². The van der Waals surface area contributed by atoms with Crippen LogP contribution >= 0.6 is 0 Å². The Bertz CT molecular complexity index is 413. The Kier molecular flexibility index (Phi) is 3.13. The van der Waals surface area contributed by atoms with Gasteiger partial charge in [0.1, 0.15) is 5.82 Å². The number of halogens is 1. The zero-order chi connectivity index (χ0) is 12.6. The quantitative estimate of drug-likeness (QED) is 0.854. The summed E-state index contributed by atoms with van der Waals surface area (Å²) in [4.78, 5) is 2.29. The molecule has 0 aliphatic carbocycles. The summed E-state index contributed by atoms with van der Waals surface area (Å²) in [5, 5.41) is 0. The number of hydrogen-bond acceptors (Lipinski definition) is 2. The van der Waals surface area contributed by atoms with Crippen molar-refractivity contribution in [2.24, 2.45) is 5.73 Å². The molecule has 94 valence electrons. The molecular formula is C14H21FN2. The number of hydrogen-bond donors (Lipinski definition) is 1. The van der Waals surface area contributed by atoms with E-state index in [1.54, 1.807) is 6.07 Å². The van der Waals surface area contributed by atoms with Crippen LogP contribution in [0.3, 0.4) is 0 Å². The number of anilines is 1. The van der Waals surface area contributed by atoms with Gasteiger partial charge in [-0.15, -0.1) is 0 Å². The predicted octanol–water partition coefficient (Wildman–Crippen LogP) is 3.22. The van der Waals surface area contributed by atoms with E-state index in [4.69, 9.17) is 5.73 Å². The molecule has 1 atom stereocenters. The molecule has 0 aromatic heterocycles. The third-order valence-corrected chi connectivity index (χ3v) is 3.68. The smallest absolute Gasteiger partial charge is 0.130 e. The van der Waals surface area contributed by atoms with Crippen molar-refractivity contribution in [3.63, 3.8) is 0 Å². The minimum atomic E-state index is -0.275. The van der Waals surface area contributed by atoms with E-state index in [2.05, 4.69) is 18.7 Å². The highest BCUT2D eigenvalue weighted by molar-refractivity contribution is 5.58. The number of nitrogens with two attached hydrogens (primary N) is 1. The first kappa shape index (κ1) is 12.4. The van der Waals surface area contributed by atoms with Crippen LogP contribution in [0.2, 0.25) is 0 Å². The van der Waals surface area contributed by atoms with Crippen LogP contribution in [0.4, 0.5) is 10.1 Å². The van der Waals surface area contributed by atoms with Gasteiger partial charge in [0.25, 0.3) is 0 Å². The Hall–Kier alpha value is -1.09. The first-order valence-corrected chi connectivity index (χ1v) is 6.25. The van der Waals surface area contributed by atoms with E-state index in [0.29, 0.717) is 5.56 Å². The van der Waals surface area contributed by atoms with Gasteiger partial charge in [-0.1, -0.05) is 6.07 Å². The highest BCUT2D eigenvalue weighted by atomic mass is 19.1. The normalized spacial score (nSPS) is 20.6. The largest absolute Gasteiger partial charge is 0.366 e. The van der Waals surface area contributed by atoms with E-state index in [1.807, 2.05) is 13.0 Å². The molecule has 1 heterocycles. The maximum Gasteiger partial charge on any atom is 0.130 e. The van der Waals surface area contributed by atoms with Crippen molar-refractivity contribution in [3.05, 3.63) is 29.6 Å². The molecule has 0 radical (unpaired) electrons. The lowest BCUT2D eigenvalue weighted by atomic mass is 9.98. The lowest BCUT2D eigenvalue weighted by Gasteiger charge is -2.35. The van der Waals surface area contributed by atoms with Crippen LogP contribution < -0.4 is 10.6 Å². The fraction of sp³-hybridized carbons (Fsp3) is 0.571. The van der Waals surface area contributed by atoms with Crippen molar-refractivity contribution in [1.82, 2.24) is 0 Å². The van der Waals surface area contributed by atoms with Crippen molar-refractivity contribution in [2.75, 3.05) is 11.4 Å². The Morgan fingerprint density at radius 2 is 2.12 bits per heavy atom. The Morgan fingerprint density at radius 1 is 1.41 bits per heavy atom. The van der Waals surface area contributed by atoms with E-state index in [1.165, 1.54) is 6.07 Å². The third kappa shape index (κ3) is 2.16. The predicted molar refractivity (Wildman–Crippen MR) is 69.7 cm³/mol. The monoisotopic (exact) mass is 236 g/mol. The van der Waals surface area contributed by atoms with E-state index in [9.17, 15) is 4.39 Å². The topological polar surface area (TPSA) is 29.3 Å². The molecule has 2 nitrogen and oxygen atoms in total. The fourth-order valence-electron chi connectivity index (χ4n) is 2.77. The summed E-state index contributed by atoms with van der Waals surface area (Å²) in [6, 6.07) is 4.97. The minimum absolute atomic E-state index is 0.0947. The minimum Gasteiger partial charge on any atom is -0.366 e. The van der Waals surface area contributed by atoms with E-state index in [0.717, 1.165) is 25.1 Å². The van der Waals surface area contributed by atoms with Gasteiger partial charge in [0.15, 0.2) is 0 Å². The summed E-state index contributed by atoms with van der Waals surface area (Å²) < 4.78 is 13.9. The summed E-state index contributed by atoms with van der Waals surface area (Å²) in [5.74, 6) is -0.194. The molecule has 0 spiro atoms. The van der Waals surface area contributed by atoms with Gasteiger partial charge in [0.05, 0.1) is 0 Å². The first-order valence-electron chi connectivity index (χ1n) is 6.25. The average molecular weight is 236 g/mol. The summed E-state index contributed by atoms with van der Waals surface area (Å²) >= 11 is 0. The van der Waals surface area contributed by atoms with Gasteiger partial charge < -0.3 is 10.6 Å². The molecule has 1 aliphatic rings. The highest BCUT2D eigenvalue weighted by Crippen LogP contribution is 2.37. The van der Waals surface area contributed by atoms with Crippen LogP contribution in [0.25, 0.3) is 0 Å². The molecule has 3 heteroatoms. The van der Waals surface area contributed by atoms with E-state index in [-0.39, 0.29) is 17.4 Å². The zero-order valence-electron chi connectivity index (χ0n) is 10.8. The zero-order valence-corrected chi connectivity index (χ0v) is 10.8.